The van der Waals surface area contributed by atoms with E-state index in [2.05, 4.69) is 15.7 Å². The monoisotopic (exact) mass is 396 g/mol. The van der Waals surface area contributed by atoms with Gasteiger partial charge in [0, 0.05) is 31.4 Å². The van der Waals surface area contributed by atoms with E-state index in [1.165, 1.54) is 13.0 Å². The number of rotatable bonds is 7. The first-order chi connectivity index (χ1) is 12.7. The first kappa shape index (κ1) is 20.9. The zero-order chi connectivity index (χ0) is 20.2. The van der Waals surface area contributed by atoms with Crippen LogP contribution in [-0.4, -0.2) is 36.5 Å². The number of hydrogen-bond acceptors (Lipinski definition) is 4. The van der Waals surface area contributed by atoms with Crippen molar-refractivity contribution in [2.24, 2.45) is 13.0 Å². The highest BCUT2D eigenvalue weighted by Crippen LogP contribution is 2.25. The number of urea groups is 1. The Labute approximate surface area is 158 Å². The van der Waals surface area contributed by atoms with E-state index >= 15 is 0 Å². The number of halogens is 1. The van der Waals surface area contributed by atoms with E-state index in [0.29, 0.717) is 6.54 Å². The van der Waals surface area contributed by atoms with E-state index in [0.717, 1.165) is 17.8 Å². The van der Waals surface area contributed by atoms with Crippen LogP contribution in [-0.2, 0) is 16.9 Å². The lowest BCUT2D eigenvalue weighted by molar-refractivity contribution is 0.250. The third kappa shape index (κ3) is 5.06. The summed E-state index contributed by atoms with van der Waals surface area (Å²) in [5, 5.41) is 9.43. The summed E-state index contributed by atoms with van der Waals surface area (Å²) in [6.07, 6.45) is 1.70. The van der Waals surface area contributed by atoms with Crippen LogP contribution in [0.1, 0.15) is 32.4 Å². The number of nitrogens with zero attached hydrogens (tertiary/aromatic N) is 2. The van der Waals surface area contributed by atoms with E-state index < -0.39 is 21.7 Å². The fourth-order valence-corrected chi connectivity index (χ4v) is 3.87. The summed E-state index contributed by atoms with van der Waals surface area (Å²) in [5.41, 5.74) is 1.04. The van der Waals surface area contributed by atoms with Crippen LogP contribution >= 0.6 is 0 Å². The van der Waals surface area contributed by atoms with Gasteiger partial charge in [-0.1, -0.05) is 20.8 Å². The zero-order valence-corrected chi connectivity index (χ0v) is 16.7. The Hall–Kier alpha value is -2.42. The second kappa shape index (κ2) is 8.51. The van der Waals surface area contributed by atoms with Gasteiger partial charge in [0.25, 0.3) is 0 Å². The third-order valence-corrected chi connectivity index (χ3v) is 6.20. The van der Waals surface area contributed by atoms with Crippen molar-refractivity contribution in [1.82, 2.24) is 15.1 Å². The number of hydrogen-bond donors (Lipinski definition) is 2. The number of benzene rings is 1. The molecule has 0 saturated heterocycles. The summed E-state index contributed by atoms with van der Waals surface area (Å²) in [6, 6.07) is 4.62. The van der Waals surface area contributed by atoms with Gasteiger partial charge in [0.2, 0.25) is 0 Å². The van der Waals surface area contributed by atoms with Gasteiger partial charge in [0.15, 0.2) is 9.84 Å². The average Bonchev–Trinajstić information content (AvgIpc) is 3.02. The van der Waals surface area contributed by atoms with Crippen molar-refractivity contribution in [1.29, 1.82) is 0 Å². The molecule has 9 heteroatoms. The predicted molar refractivity (Wildman–Crippen MR) is 102 cm³/mol. The maximum atomic E-state index is 13.5. The van der Waals surface area contributed by atoms with Gasteiger partial charge in [-0.3, -0.25) is 4.68 Å². The van der Waals surface area contributed by atoms with Crippen molar-refractivity contribution in [2.45, 2.75) is 31.6 Å². The molecule has 27 heavy (non-hydrogen) atoms. The minimum Gasteiger partial charge on any atom is -0.337 e. The van der Waals surface area contributed by atoms with Crippen molar-refractivity contribution in [2.75, 3.05) is 17.6 Å². The summed E-state index contributed by atoms with van der Waals surface area (Å²) >= 11 is 0. The van der Waals surface area contributed by atoms with Crippen LogP contribution in [0.4, 0.5) is 14.9 Å². The quantitative estimate of drug-likeness (QED) is 0.753. The molecule has 2 N–H and O–H groups in total. The molecule has 0 bridgehead atoms. The van der Waals surface area contributed by atoms with Gasteiger partial charge in [0.1, 0.15) is 5.82 Å². The fourth-order valence-electron chi connectivity index (χ4n) is 2.81. The highest BCUT2D eigenvalue weighted by atomic mass is 32.2. The molecular formula is C18H25FN4O3S. The number of nitrogens with one attached hydrogen (secondary N) is 2. The topological polar surface area (TPSA) is 93.1 Å². The molecule has 0 spiro atoms. The number of carbonyl (C=O) groups excluding carboxylic acids is 1. The molecule has 0 aliphatic heterocycles. The largest absolute Gasteiger partial charge is 0.337 e. The molecule has 0 aliphatic carbocycles. The Morgan fingerprint density at radius 1 is 1.30 bits per heavy atom. The fraction of sp³-hybridized carbons (Fsp3) is 0.444. The van der Waals surface area contributed by atoms with Crippen LogP contribution in [0.15, 0.2) is 35.4 Å². The molecule has 0 aliphatic rings. The van der Waals surface area contributed by atoms with Crippen LogP contribution in [0.3, 0.4) is 0 Å². The maximum absolute atomic E-state index is 13.5. The number of amides is 2. The Bertz CT molecular complexity index is 909. The van der Waals surface area contributed by atoms with E-state index in [9.17, 15) is 17.6 Å². The first-order valence-electron chi connectivity index (χ1n) is 8.70. The second-order valence-electron chi connectivity index (χ2n) is 6.61. The SMILES string of the molecule is CCS(=O)(=O)c1cc(F)ccc1NC(=O)NC[C@H](c1ccnn1C)C(C)C. The molecule has 0 fully saturated rings. The number of anilines is 1. The molecule has 2 rings (SSSR count). The summed E-state index contributed by atoms with van der Waals surface area (Å²) < 4.78 is 39.6. The highest BCUT2D eigenvalue weighted by Gasteiger charge is 2.22. The van der Waals surface area contributed by atoms with Crippen LogP contribution < -0.4 is 10.6 Å². The lowest BCUT2D eigenvalue weighted by atomic mass is 9.92. The maximum Gasteiger partial charge on any atom is 0.319 e. The van der Waals surface area contributed by atoms with E-state index in [1.54, 1.807) is 10.9 Å². The molecule has 148 valence electrons. The van der Waals surface area contributed by atoms with Crippen molar-refractivity contribution in [3.63, 3.8) is 0 Å². The summed E-state index contributed by atoms with van der Waals surface area (Å²) in [6.45, 7) is 5.90. The van der Waals surface area contributed by atoms with Crippen molar-refractivity contribution >= 4 is 21.6 Å². The van der Waals surface area contributed by atoms with Crippen LogP contribution in [0.5, 0.6) is 0 Å². The molecule has 0 unspecified atom stereocenters. The minimum absolute atomic E-state index is 0.0373. The van der Waals surface area contributed by atoms with Gasteiger partial charge < -0.3 is 10.6 Å². The van der Waals surface area contributed by atoms with Crippen LogP contribution in [0.2, 0.25) is 0 Å². The highest BCUT2D eigenvalue weighted by molar-refractivity contribution is 7.91. The van der Waals surface area contributed by atoms with Crippen LogP contribution in [0, 0.1) is 11.7 Å². The zero-order valence-electron chi connectivity index (χ0n) is 15.9. The van der Waals surface area contributed by atoms with Crippen molar-refractivity contribution < 1.29 is 17.6 Å². The first-order valence-corrected chi connectivity index (χ1v) is 10.4. The summed E-state index contributed by atoms with van der Waals surface area (Å²) in [4.78, 5) is 12.1. The molecule has 0 radical (unpaired) electrons. The molecular weight excluding hydrogens is 371 g/mol. The molecule has 1 heterocycles. The predicted octanol–water partition coefficient (Wildman–Crippen LogP) is 2.91. The summed E-state index contributed by atoms with van der Waals surface area (Å²) in [7, 11) is -1.84. The van der Waals surface area contributed by atoms with Gasteiger partial charge in [-0.25, -0.2) is 17.6 Å². The standard InChI is InChI=1S/C18H25FN4O3S/c1-5-27(25,26)17-10-13(19)6-7-15(17)22-18(24)20-11-14(12(2)3)16-8-9-21-23(16)4/h6-10,12,14H,5,11H2,1-4H3,(H2,20,22,24)/t14-/m0/s1. The van der Waals surface area contributed by atoms with E-state index in [1.807, 2.05) is 27.0 Å². The second-order valence-corrected chi connectivity index (χ2v) is 8.86. The van der Waals surface area contributed by atoms with Gasteiger partial charge in [0.05, 0.1) is 16.3 Å². The van der Waals surface area contributed by atoms with E-state index in [-0.39, 0.29) is 28.2 Å². The van der Waals surface area contributed by atoms with Gasteiger partial charge in [-0.15, -0.1) is 0 Å². The Balaban J connectivity index is 2.13. The van der Waals surface area contributed by atoms with E-state index in [4.69, 9.17) is 0 Å². The van der Waals surface area contributed by atoms with Crippen molar-refractivity contribution in [3.8, 4) is 0 Å². The lowest BCUT2D eigenvalue weighted by Crippen LogP contribution is -2.34. The third-order valence-electron chi connectivity index (χ3n) is 4.43. The molecule has 7 nitrogen and oxygen atoms in total. The minimum atomic E-state index is -3.68. The van der Waals surface area contributed by atoms with Gasteiger partial charge >= 0.3 is 6.03 Å². The smallest absolute Gasteiger partial charge is 0.319 e. The number of aromatic nitrogens is 2. The Morgan fingerprint density at radius 2 is 2.00 bits per heavy atom. The van der Waals surface area contributed by atoms with Gasteiger partial charge in [-0.2, -0.15) is 5.10 Å². The van der Waals surface area contributed by atoms with Crippen LogP contribution in [0.25, 0.3) is 0 Å². The molecule has 1 aromatic carbocycles. The molecule has 1 atom stereocenters. The number of carbonyl (C=O) groups is 1. The molecule has 2 aromatic rings. The summed E-state index contributed by atoms with van der Waals surface area (Å²) in [5.74, 6) is -0.579. The molecule has 2 amide bonds. The van der Waals surface area contributed by atoms with Crippen molar-refractivity contribution in [3.05, 3.63) is 42.0 Å². The number of aryl methyl sites for hydroxylation is 1. The Kier molecular flexibility index (Phi) is 6.59. The molecule has 0 saturated carbocycles. The lowest BCUT2D eigenvalue weighted by Gasteiger charge is -2.22. The molecule has 1 aromatic heterocycles. The van der Waals surface area contributed by atoms with Gasteiger partial charge in [-0.05, 0) is 30.2 Å². The number of sulfone groups is 1. The Morgan fingerprint density at radius 3 is 2.56 bits per heavy atom. The average molecular weight is 396 g/mol. The normalized spacial score (nSPS) is 12.8.